The van der Waals surface area contributed by atoms with Crippen molar-refractivity contribution in [3.63, 3.8) is 0 Å². The van der Waals surface area contributed by atoms with Crippen molar-refractivity contribution >= 4 is 5.91 Å². The third-order valence-electron chi connectivity index (χ3n) is 6.28. The van der Waals surface area contributed by atoms with Crippen LogP contribution >= 0.6 is 0 Å². The molecule has 6 N–H and O–H groups in total. The normalized spacial score (nSPS) is 24.0. The molecule has 0 aliphatic carbocycles. The fraction of sp³-hybridized carbons (Fsp3) is 0.815. The SMILES string of the molecule is COC.O=C(CCCCOC1CC(O)C(O)C(CO)O1)NCCOCCOCO.O=c1ccn(C2CCC(C[O-])O2)c(=O)[nH]1.[K+]. The molecule has 2 saturated heterocycles. The molecule has 18 heteroatoms. The van der Waals surface area contributed by atoms with E-state index >= 15 is 0 Å². The van der Waals surface area contributed by atoms with Gasteiger partial charge in [0.15, 0.2) is 6.29 Å². The number of aromatic nitrogens is 2. The van der Waals surface area contributed by atoms with E-state index in [1.54, 1.807) is 14.2 Å². The van der Waals surface area contributed by atoms with Gasteiger partial charge in [-0.2, -0.15) is 0 Å². The number of hydrogen-bond donors (Lipinski definition) is 6. The largest absolute Gasteiger partial charge is 1.00 e. The van der Waals surface area contributed by atoms with E-state index in [1.807, 2.05) is 0 Å². The zero-order valence-electron chi connectivity index (χ0n) is 26.3. The number of aliphatic hydroxyl groups is 4. The van der Waals surface area contributed by atoms with E-state index < -0.39 is 48.7 Å². The predicted molar refractivity (Wildman–Crippen MR) is 151 cm³/mol. The van der Waals surface area contributed by atoms with Gasteiger partial charge in [-0.1, -0.05) is 0 Å². The minimum atomic E-state index is -1.12. The maximum Gasteiger partial charge on any atom is 1.00 e. The van der Waals surface area contributed by atoms with Crippen molar-refractivity contribution in [2.24, 2.45) is 0 Å². The zero-order valence-corrected chi connectivity index (χ0v) is 29.5. The van der Waals surface area contributed by atoms with Crippen LogP contribution in [-0.2, 0) is 33.2 Å². The molecular weight excluding hydrogens is 629 g/mol. The quantitative estimate of drug-likeness (QED) is 0.0542. The monoisotopic (exact) mass is 677 g/mol. The molecule has 1 amide bonds. The Morgan fingerprint density at radius 2 is 1.80 bits per heavy atom. The van der Waals surface area contributed by atoms with Crippen LogP contribution in [0.2, 0.25) is 0 Å². The van der Waals surface area contributed by atoms with Crippen LogP contribution in [0.3, 0.4) is 0 Å². The maximum absolute atomic E-state index is 11.6. The molecular formula is C27H48KN3O14. The molecule has 3 heterocycles. The summed E-state index contributed by atoms with van der Waals surface area (Å²) in [5.74, 6) is -0.0759. The minimum Gasteiger partial charge on any atom is -0.853 e. The van der Waals surface area contributed by atoms with Crippen LogP contribution in [0.1, 0.15) is 44.8 Å². The van der Waals surface area contributed by atoms with Crippen LogP contribution in [0.5, 0.6) is 0 Å². The van der Waals surface area contributed by atoms with Crippen molar-refractivity contribution < 1.29 is 110 Å². The topological polar surface area (TPSA) is 243 Å². The Hall–Kier alpha value is -0.654. The van der Waals surface area contributed by atoms with Gasteiger partial charge in [0.25, 0.3) is 5.56 Å². The van der Waals surface area contributed by atoms with Crippen molar-refractivity contribution in [3.8, 4) is 0 Å². The van der Waals surface area contributed by atoms with Gasteiger partial charge in [0.2, 0.25) is 5.91 Å². The van der Waals surface area contributed by atoms with Crippen molar-refractivity contribution in [2.45, 2.75) is 75.5 Å². The van der Waals surface area contributed by atoms with Crippen LogP contribution in [0, 0.1) is 0 Å². The molecule has 6 atom stereocenters. The van der Waals surface area contributed by atoms with Gasteiger partial charge < -0.3 is 59.3 Å². The standard InChI is InChI=1S/C16H31NO9.C9H11N2O4.C2H6O.K/c18-10-13-16(22)12(20)9-15(26-13)25-5-2-1-3-14(21)17-4-6-23-7-8-24-11-19;12-5-6-1-2-8(15-6)11-4-3-7(13)10-9(11)14;1-3-2;/h12-13,15-16,18-20,22H,1-11H2,(H,17,21);3-4,6,8H,1-2,5H2,(H,10,13,14);1-2H3;/q;-1;;+1. The Balaban J connectivity index is 0.000000858. The van der Waals surface area contributed by atoms with Gasteiger partial charge in [0.1, 0.15) is 25.2 Å². The molecule has 256 valence electrons. The van der Waals surface area contributed by atoms with Crippen molar-refractivity contribution in [3.05, 3.63) is 33.1 Å². The van der Waals surface area contributed by atoms with Gasteiger partial charge in [-0.25, -0.2) is 4.79 Å². The summed E-state index contributed by atoms with van der Waals surface area (Å²) in [5, 5.41) is 50.1. The number of nitrogens with one attached hydrogen (secondary N) is 2. The van der Waals surface area contributed by atoms with E-state index in [4.69, 9.17) is 29.2 Å². The Kier molecular flexibility index (Phi) is 26.9. The average molecular weight is 678 g/mol. The zero-order chi connectivity index (χ0) is 32.7. The number of nitrogens with zero attached hydrogens (tertiary/aromatic N) is 1. The molecule has 1 aromatic heterocycles. The molecule has 2 fully saturated rings. The molecule has 0 radical (unpaired) electrons. The fourth-order valence-corrected chi connectivity index (χ4v) is 4.08. The number of amides is 1. The number of rotatable bonds is 16. The Morgan fingerprint density at radius 1 is 1.09 bits per heavy atom. The number of H-pyrrole nitrogens is 1. The summed E-state index contributed by atoms with van der Waals surface area (Å²) < 4.78 is 31.6. The number of unbranched alkanes of at least 4 members (excludes halogenated alkanes) is 1. The van der Waals surface area contributed by atoms with Crippen LogP contribution in [0.15, 0.2) is 21.9 Å². The molecule has 0 saturated carbocycles. The number of ether oxygens (including phenoxy) is 6. The van der Waals surface area contributed by atoms with Crippen LogP contribution in [0.25, 0.3) is 0 Å². The number of aliphatic hydroxyl groups excluding tert-OH is 4. The van der Waals surface area contributed by atoms with Crippen molar-refractivity contribution in [1.29, 1.82) is 0 Å². The second-order valence-corrected chi connectivity index (χ2v) is 9.79. The number of aromatic amines is 1. The summed E-state index contributed by atoms with van der Waals surface area (Å²) in [6.07, 6.45) is 0.0647. The molecule has 0 aromatic carbocycles. The second-order valence-electron chi connectivity index (χ2n) is 9.79. The summed E-state index contributed by atoms with van der Waals surface area (Å²) in [4.78, 5) is 36.0. The number of hydrogen-bond acceptors (Lipinski definition) is 14. The van der Waals surface area contributed by atoms with Crippen molar-refractivity contribution in [1.82, 2.24) is 14.9 Å². The summed E-state index contributed by atoms with van der Waals surface area (Å²) in [6.45, 7) is 0.791. The van der Waals surface area contributed by atoms with E-state index in [0.29, 0.717) is 65.1 Å². The molecule has 45 heavy (non-hydrogen) atoms. The molecule has 6 unspecified atom stereocenters. The van der Waals surface area contributed by atoms with E-state index in [9.17, 15) is 29.7 Å². The number of carbonyl (C=O) groups excluding carboxylic acids is 1. The van der Waals surface area contributed by atoms with Crippen LogP contribution < -0.4 is 73.1 Å². The Bertz CT molecular complexity index is 1000. The first kappa shape index (κ1) is 44.3. The summed E-state index contributed by atoms with van der Waals surface area (Å²) in [6, 6.07) is 1.26. The smallest absolute Gasteiger partial charge is 0.853 e. The molecule has 0 bridgehead atoms. The van der Waals surface area contributed by atoms with E-state index in [0.717, 1.165) is 0 Å². The van der Waals surface area contributed by atoms with Crippen molar-refractivity contribution in [2.75, 3.05) is 67.2 Å². The molecule has 17 nitrogen and oxygen atoms in total. The fourth-order valence-electron chi connectivity index (χ4n) is 4.08. The van der Waals surface area contributed by atoms with E-state index in [2.05, 4.69) is 19.8 Å². The molecule has 2 aliphatic rings. The first-order valence-corrected chi connectivity index (χ1v) is 14.4. The van der Waals surface area contributed by atoms with Gasteiger partial charge in [0, 0.05) is 58.6 Å². The van der Waals surface area contributed by atoms with E-state index in [1.165, 1.54) is 16.8 Å². The molecule has 1 aromatic rings. The summed E-state index contributed by atoms with van der Waals surface area (Å²) in [5.41, 5.74) is -0.936. The summed E-state index contributed by atoms with van der Waals surface area (Å²) in [7, 11) is 3.25. The Morgan fingerprint density at radius 3 is 2.42 bits per heavy atom. The molecule has 2 aliphatic heterocycles. The first-order chi connectivity index (χ1) is 21.2. The second kappa shape index (κ2) is 27.3. The third kappa shape index (κ3) is 19.1. The maximum atomic E-state index is 11.6. The number of carbonyl (C=O) groups is 1. The minimum absolute atomic E-state index is 0. The van der Waals surface area contributed by atoms with Gasteiger partial charge in [-0.3, -0.25) is 19.1 Å². The van der Waals surface area contributed by atoms with Gasteiger partial charge >= 0.3 is 57.1 Å². The summed E-state index contributed by atoms with van der Waals surface area (Å²) >= 11 is 0. The van der Waals surface area contributed by atoms with E-state index in [-0.39, 0.29) is 83.2 Å². The van der Waals surface area contributed by atoms with Crippen LogP contribution in [-0.4, -0.2) is 134 Å². The predicted octanol–water partition coefficient (Wildman–Crippen LogP) is -6.06. The molecule has 0 spiro atoms. The van der Waals surface area contributed by atoms with Gasteiger partial charge in [-0.15, -0.1) is 6.61 Å². The van der Waals surface area contributed by atoms with Crippen LogP contribution in [0.4, 0.5) is 0 Å². The average Bonchev–Trinajstić information content (AvgIpc) is 3.48. The Labute approximate surface area is 304 Å². The van der Waals surface area contributed by atoms with Gasteiger partial charge in [0.05, 0.1) is 32.5 Å². The third-order valence-corrected chi connectivity index (χ3v) is 6.28. The van der Waals surface area contributed by atoms with Gasteiger partial charge in [-0.05, 0) is 25.7 Å². The molecule has 3 rings (SSSR count). The first-order valence-electron chi connectivity index (χ1n) is 14.4. The number of methoxy groups -OCH3 is 1.